The molecular formula is C35H36O14S. The van der Waals surface area contributed by atoms with Gasteiger partial charge in [-0.25, -0.2) is 18.0 Å². The Morgan fingerprint density at radius 3 is 1.58 bits per heavy atom. The Morgan fingerprint density at radius 1 is 0.640 bits per heavy atom. The minimum Gasteiger partial charge on any atom is -0.508 e. The number of carbonyl (C=O) groups excluding carboxylic acids is 1. The molecule has 0 saturated heterocycles. The molecule has 0 aliphatic rings. The predicted octanol–water partition coefficient (Wildman–Crippen LogP) is 5.58. The standard InChI is InChI=1S/C14H14O4S.C13H14O6.C8H8O4/c1-9-11(15)5-3-7-13(9)19(17,18)14-8-4-6-12(16)10(14)2;14-11(15)3-1-2-4-12(16)19-10-7-5-9(6-8-10)13(17)18;1-12-7-4-5(8(10)11)2-3-6(7)9/h3-8,15-16H,1-2H3;5-8H,1-4H2,(H,14,15)(H,17,18);2-4,9H,1H3,(H,10,11). The zero-order valence-corrected chi connectivity index (χ0v) is 28.0. The number of aromatic hydroxyl groups is 3. The molecule has 4 aromatic carbocycles. The lowest BCUT2D eigenvalue weighted by Gasteiger charge is -2.11. The van der Waals surface area contributed by atoms with E-state index >= 15 is 0 Å². The topological polar surface area (TPSA) is 242 Å². The number of carboxylic acids is 3. The number of sulfone groups is 1. The summed E-state index contributed by atoms with van der Waals surface area (Å²) in [5.41, 5.74) is 0.793. The highest BCUT2D eigenvalue weighted by molar-refractivity contribution is 7.91. The van der Waals surface area contributed by atoms with Crippen molar-refractivity contribution in [3.63, 3.8) is 0 Å². The fraction of sp³-hybridized carbons (Fsp3) is 0.200. The van der Waals surface area contributed by atoms with Gasteiger partial charge in [-0.15, -0.1) is 0 Å². The van der Waals surface area contributed by atoms with Crippen molar-refractivity contribution in [2.75, 3.05) is 7.11 Å². The molecule has 0 spiro atoms. The fourth-order valence-corrected chi connectivity index (χ4v) is 5.88. The summed E-state index contributed by atoms with van der Waals surface area (Å²) in [5.74, 6) is -3.23. The maximum atomic E-state index is 12.6. The molecule has 6 N–H and O–H groups in total. The number of rotatable bonds is 11. The molecule has 0 saturated carbocycles. The number of hydrogen-bond donors (Lipinski definition) is 6. The van der Waals surface area contributed by atoms with Crippen LogP contribution < -0.4 is 9.47 Å². The second-order valence-electron chi connectivity index (χ2n) is 10.4. The Balaban J connectivity index is 0.000000268. The van der Waals surface area contributed by atoms with Crippen LogP contribution in [0.5, 0.6) is 28.7 Å². The van der Waals surface area contributed by atoms with E-state index in [-0.39, 0.29) is 62.5 Å². The van der Waals surface area contributed by atoms with Crippen LogP contribution in [0, 0.1) is 13.8 Å². The Morgan fingerprint density at radius 2 is 1.12 bits per heavy atom. The van der Waals surface area contributed by atoms with Crippen LogP contribution in [0.4, 0.5) is 0 Å². The lowest BCUT2D eigenvalue weighted by Crippen LogP contribution is -2.08. The van der Waals surface area contributed by atoms with Crippen molar-refractivity contribution in [1.29, 1.82) is 0 Å². The smallest absolute Gasteiger partial charge is 0.335 e. The molecule has 14 nitrogen and oxygen atoms in total. The molecule has 0 amide bonds. The van der Waals surface area contributed by atoms with Crippen LogP contribution in [-0.4, -0.2) is 70.0 Å². The minimum atomic E-state index is -3.77. The number of benzene rings is 4. The van der Waals surface area contributed by atoms with E-state index in [1.165, 1.54) is 86.0 Å². The van der Waals surface area contributed by atoms with Crippen LogP contribution in [0.15, 0.2) is 88.7 Å². The van der Waals surface area contributed by atoms with Gasteiger partial charge in [-0.1, -0.05) is 12.1 Å². The summed E-state index contributed by atoms with van der Waals surface area (Å²) in [7, 11) is -2.40. The Hall–Kier alpha value is -6.09. The van der Waals surface area contributed by atoms with Crippen molar-refractivity contribution in [3.8, 4) is 28.7 Å². The zero-order chi connectivity index (χ0) is 37.6. The van der Waals surface area contributed by atoms with Crippen LogP contribution in [-0.2, 0) is 19.4 Å². The average molecular weight is 713 g/mol. The molecule has 0 radical (unpaired) electrons. The van der Waals surface area contributed by atoms with Crippen LogP contribution in [0.2, 0.25) is 0 Å². The third kappa shape index (κ3) is 11.6. The number of aliphatic carboxylic acids is 1. The van der Waals surface area contributed by atoms with Gasteiger partial charge in [0.2, 0.25) is 9.84 Å². The molecule has 266 valence electrons. The molecule has 0 fully saturated rings. The second kappa shape index (κ2) is 18.5. The first-order valence-electron chi connectivity index (χ1n) is 14.7. The molecule has 0 bridgehead atoms. The summed E-state index contributed by atoms with van der Waals surface area (Å²) in [6.07, 6.45) is 1.02. The van der Waals surface area contributed by atoms with E-state index in [0.29, 0.717) is 24.0 Å². The van der Waals surface area contributed by atoms with Crippen LogP contribution in [0.25, 0.3) is 0 Å². The molecule has 0 aliphatic carbocycles. The molecule has 0 unspecified atom stereocenters. The highest BCUT2D eigenvalue weighted by atomic mass is 32.2. The Kier molecular flexibility index (Phi) is 14.8. The molecule has 4 rings (SSSR count). The number of unbranched alkanes of at least 4 members (excludes halogenated alkanes) is 1. The number of carboxylic acid groups (broad SMARTS) is 3. The van der Waals surface area contributed by atoms with E-state index in [1.807, 2.05) is 0 Å². The van der Waals surface area contributed by atoms with E-state index in [9.17, 15) is 37.8 Å². The molecule has 50 heavy (non-hydrogen) atoms. The minimum absolute atomic E-state index is 0.0284. The van der Waals surface area contributed by atoms with Crippen LogP contribution in [0.1, 0.15) is 57.5 Å². The first kappa shape index (κ1) is 40.1. The molecule has 0 aromatic heterocycles. The summed E-state index contributed by atoms with van der Waals surface area (Å²) in [4.78, 5) is 42.8. The average Bonchev–Trinajstić information content (AvgIpc) is 3.06. The first-order valence-corrected chi connectivity index (χ1v) is 16.2. The van der Waals surface area contributed by atoms with Crippen molar-refractivity contribution in [2.45, 2.75) is 49.3 Å². The van der Waals surface area contributed by atoms with Crippen molar-refractivity contribution in [1.82, 2.24) is 0 Å². The fourth-order valence-electron chi connectivity index (χ4n) is 4.11. The lowest BCUT2D eigenvalue weighted by molar-refractivity contribution is -0.138. The number of phenolic OH excluding ortho intramolecular Hbond substituents is 3. The molecule has 4 aromatic rings. The van der Waals surface area contributed by atoms with Crippen molar-refractivity contribution in [3.05, 3.63) is 101 Å². The SMILES string of the molecule is COc1cc(C(=O)O)ccc1O.Cc1c(O)cccc1S(=O)(=O)c1cccc(O)c1C.O=C(O)CCCCC(=O)Oc1ccc(C(=O)O)cc1. The van der Waals surface area contributed by atoms with Gasteiger partial charge in [-0.3, -0.25) is 9.59 Å². The molecule has 0 atom stereocenters. The number of phenols is 3. The molecule has 0 aliphatic heterocycles. The van der Waals surface area contributed by atoms with Gasteiger partial charge >= 0.3 is 23.9 Å². The van der Waals surface area contributed by atoms with Gasteiger partial charge in [-0.2, -0.15) is 0 Å². The maximum Gasteiger partial charge on any atom is 0.335 e. The van der Waals surface area contributed by atoms with Gasteiger partial charge < -0.3 is 40.1 Å². The number of aromatic carboxylic acids is 2. The van der Waals surface area contributed by atoms with Crippen molar-refractivity contribution < 1.29 is 67.7 Å². The normalized spacial score (nSPS) is 10.4. The summed E-state index contributed by atoms with van der Waals surface area (Å²) >= 11 is 0. The van der Waals surface area contributed by atoms with Crippen LogP contribution in [0.3, 0.4) is 0 Å². The number of hydrogen-bond acceptors (Lipinski definition) is 11. The molecule has 0 heterocycles. The van der Waals surface area contributed by atoms with Gasteiger partial charge in [-0.05, 0) is 93.4 Å². The Labute approximate surface area is 287 Å². The third-order valence-corrected chi connectivity index (χ3v) is 8.91. The predicted molar refractivity (Wildman–Crippen MR) is 178 cm³/mol. The zero-order valence-electron chi connectivity index (χ0n) is 27.2. The number of ether oxygens (including phenoxy) is 2. The number of methoxy groups -OCH3 is 1. The van der Waals surface area contributed by atoms with E-state index in [1.54, 1.807) is 13.8 Å². The quantitative estimate of drug-likeness (QED) is 0.0632. The number of carbonyl (C=O) groups is 4. The summed E-state index contributed by atoms with van der Waals surface area (Å²) in [6, 6.07) is 18.0. The van der Waals surface area contributed by atoms with Gasteiger partial charge in [0.15, 0.2) is 11.5 Å². The van der Waals surface area contributed by atoms with Crippen molar-refractivity contribution >= 4 is 33.7 Å². The van der Waals surface area contributed by atoms with Gasteiger partial charge in [0.1, 0.15) is 17.2 Å². The maximum absolute atomic E-state index is 12.6. The van der Waals surface area contributed by atoms with E-state index in [4.69, 9.17) is 29.9 Å². The molecule has 15 heteroatoms. The Bertz CT molecular complexity index is 1880. The van der Waals surface area contributed by atoms with E-state index < -0.39 is 33.7 Å². The van der Waals surface area contributed by atoms with E-state index in [2.05, 4.69) is 0 Å². The third-order valence-electron chi connectivity index (χ3n) is 6.87. The van der Waals surface area contributed by atoms with Gasteiger partial charge in [0.25, 0.3) is 0 Å². The number of esters is 1. The first-order chi connectivity index (χ1) is 23.5. The highest BCUT2D eigenvalue weighted by Gasteiger charge is 2.24. The van der Waals surface area contributed by atoms with Crippen LogP contribution >= 0.6 is 0 Å². The monoisotopic (exact) mass is 712 g/mol. The summed E-state index contributed by atoms with van der Waals surface area (Å²) in [5, 5.41) is 54.0. The van der Waals surface area contributed by atoms with Gasteiger partial charge in [0, 0.05) is 24.0 Å². The summed E-state index contributed by atoms with van der Waals surface area (Å²) in [6.45, 7) is 3.08. The van der Waals surface area contributed by atoms with E-state index in [0.717, 1.165) is 0 Å². The highest BCUT2D eigenvalue weighted by Crippen LogP contribution is 2.32. The second-order valence-corrected chi connectivity index (χ2v) is 12.3. The lowest BCUT2D eigenvalue weighted by atomic mass is 10.2. The van der Waals surface area contributed by atoms with Gasteiger partial charge in [0.05, 0.1) is 28.0 Å². The van der Waals surface area contributed by atoms with Crippen molar-refractivity contribution in [2.24, 2.45) is 0 Å². The largest absolute Gasteiger partial charge is 0.508 e. The molecular weight excluding hydrogens is 676 g/mol. The summed E-state index contributed by atoms with van der Waals surface area (Å²) < 4.78 is 34.8.